The van der Waals surface area contributed by atoms with Crippen LogP contribution >= 0.6 is 0 Å². The third kappa shape index (κ3) is 4.63. The van der Waals surface area contributed by atoms with E-state index in [4.69, 9.17) is 9.47 Å². The number of amides is 1. The van der Waals surface area contributed by atoms with E-state index in [1.54, 1.807) is 6.08 Å². The van der Waals surface area contributed by atoms with Gasteiger partial charge >= 0.3 is 0 Å². The molecule has 2 aliphatic heterocycles. The van der Waals surface area contributed by atoms with Crippen molar-refractivity contribution < 1.29 is 14.3 Å². The minimum atomic E-state index is 0.176. The van der Waals surface area contributed by atoms with Crippen LogP contribution in [0.25, 0.3) is 6.08 Å². The first-order valence-corrected chi connectivity index (χ1v) is 8.84. The number of hydrogen-bond donors (Lipinski definition) is 0. The van der Waals surface area contributed by atoms with Crippen molar-refractivity contribution in [3.8, 4) is 11.5 Å². The van der Waals surface area contributed by atoms with Crippen molar-refractivity contribution in [1.82, 2.24) is 4.90 Å². The zero-order valence-corrected chi connectivity index (χ0v) is 14.1. The number of rotatable bonds is 7. The molecule has 0 atom stereocenters. The average Bonchev–Trinajstić information content (AvgIpc) is 3.28. The first kappa shape index (κ1) is 16.6. The molecule has 0 bridgehead atoms. The summed E-state index contributed by atoms with van der Waals surface area (Å²) in [6, 6.07) is 5.99. The highest BCUT2D eigenvalue weighted by atomic mass is 16.7. The van der Waals surface area contributed by atoms with Crippen LogP contribution in [0.15, 0.2) is 36.4 Å². The number of likely N-dealkylation sites (tertiary alicyclic amines) is 1. The molecule has 4 nitrogen and oxygen atoms in total. The van der Waals surface area contributed by atoms with Crippen molar-refractivity contribution >= 4 is 12.0 Å². The Morgan fingerprint density at radius 1 is 1.04 bits per heavy atom. The lowest BCUT2D eigenvalue weighted by molar-refractivity contribution is -0.125. The Morgan fingerprint density at radius 2 is 1.79 bits per heavy atom. The van der Waals surface area contributed by atoms with Crippen molar-refractivity contribution in [3.63, 3.8) is 0 Å². The van der Waals surface area contributed by atoms with Crippen molar-refractivity contribution in [2.24, 2.45) is 0 Å². The fourth-order valence-electron chi connectivity index (χ4n) is 2.99. The number of carbonyl (C=O) groups is 1. The minimum absolute atomic E-state index is 0.176. The number of carbonyl (C=O) groups excluding carboxylic acids is 1. The van der Waals surface area contributed by atoms with Crippen LogP contribution in [0.5, 0.6) is 11.5 Å². The van der Waals surface area contributed by atoms with Gasteiger partial charge in [-0.05, 0) is 62.3 Å². The Balaban J connectivity index is 1.30. The van der Waals surface area contributed by atoms with Gasteiger partial charge in [-0.3, -0.25) is 4.79 Å². The van der Waals surface area contributed by atoms with Gasteiger partial charge < -0.3 is 14.4 Å². The summed E-state index contributed by atoms with van der Waals surface area (Å²) in [5.74, 6) is 1.82. The van der Waals surface area contributed by atoms with Gasteiger partial charge in [-0.2, -0.15) is 0 Å². The summed E-state index contributed by atoms with van der Waals surface area (Å²) in [4.78, 5) is 13.8. The lowest BCUT2D eigenvalue weighted by Gasteiger charge is -2.11. The molecule has 0 N–H and O–H groups in total. The summed E-state index contributed by atoms with van der Waals surface area (Å²) in [6.07, 6.45) is 14.6. The fraction of sp³-hybridized carbons (Fsp3) is 0.450. The summed E-state index contributed by atoms with van der Waals surface area (Å²) in [7, 11) is 0. The van der Waals surface area contributed by atoms with E-state index < -0.39 is 0 Å². The monoisotopic (exact) mass is 327 g/mol. The molecule has 0 aromatic heterocycles. The van der Waals surface area contributed by atoms with Crippen LogP contribution < -0.4 is 9.47 Å². The van der Waals surface area contributed by atoms with Crippen LogP contribution in [0.3, 0.4) is 0 Å². The smallest absolute Gasteiger partial charge is 0.246 e. The Kier molecular flexibility index (Phi) is 5.94. The predicted molar refractivity (Wildman–Crippen MR) is 95.0 cm³/mol. The summed E-state index contributed by atoms with van der Waals surface area (Å²) >= 11 is 0. The molecule has 1 fully saturated rings. The number of nitrogens with zero attached hydrogens (tertiary/aromatic N) is 1. The van der Waals surface area contributed by atoms with Crippen LogP contribution in [-0.2, 0) is 4.79 Å². The summed E-state index contributed by atoms with van der Waals surface area (Å²) in [5.41, 5.74) is 1.13. The highest BCUT2D eigenvalue weighted by Crippen LogP contribution is 2.32. The number of fused-ring (bicyclic) bond motifs is 1. The van der Waals surface area contributed by atoms with Crippen molar-refractivity contribution in [2.45, 2.75) is 38.5 Å². The molecule has 0 saturated carbocycles. The molecule has 0 radical (unpaired) electrons. The van der Waals surface area contributed by atoms with Crippen LogP contribution in [-0.4, -0.2) is 30.7 Å². The zero-order valence-electron chi connectivity index (χ0n) is 14.1. The molecule has 2 aliphatic rings. The number of allylic oxidation sites excluding steroid dienone is 2. The molecular formula is C20H25NO3. The normalized spacial score (nSPS) is 16.6. The van der Waals surface area contributed by atoms with E-state index in [1.807, 2.05) is 29.2 Å². The Labute approximate surface area is 143 Å². The van der Waals surface area contributed by atoms with E-state index in [-0.39, 0.29) is 5.91 Å². The van der Waals surface area contributed by atoms with E-state index in [1.165, 1.54) is 0 Å². The topological polar surface area (TPSA) is 38.8 Å². The number of ether oxygens (including phenoxy) is 2. The number of unbranched alkanes of at least 4 members (excludes halogenated alkanes) is 3. The molecule has 1 aromatic carbocycles. The first-order valence-electron chi connectivity index (χ1n) is 8.84. The molecule has 4 heteroatoms. The van der Waals surface area contributed by atoms with Gasteiger partial charge in [0.2, 0.25) is 12.7 Å². The summed E-state index contributed by atoms with van der Waals surface area (Å²) < 4.78 is 10.7. The van der Waals surface area contributed by atoms with Gasteiger partial charge in [-0.25, -0.2) is 0 Å². The second-order valence-corrected chi connectivity index (χ2v) is 6.23. The van der Waals surface area contributed by atoms with Gasteiger partial charge in [-0.15, -0.1) is 0 Å². The maximum atomic E-state index is 11.8. The largest absolute Gasteiger partial charge is 0.454 e. The molecule has 0 spiro atoms. The standard InChI is InChI=1S/C20H25NO3/c22-20(21-13-7-8-14-21)10-6-4-2-1-3-5-9-17-11-12-18-19(15-17)24-16-23-18/h5-6,9-12,15H,1-4,7-8,13-14,16H2. The highest BCUT2D eigenvalue weighted by Gasteiger charge is 2.14. The van der Waals surface area contributed by atoms with E-state index in [0.29, 0.717) is 6.79 Å². The Morgan fingerprint density at radius 3 is 2.62 bits per heavy atom. The van der Waals surface area contributed by atoms with Gasteiger partial charge in [0.15, 0.2) is 11.5 Å². The molecule has 0 unspecified atom stereocenters. The maximum Gasteiger partial charge on any atom is 0.246 e. The average molecular weight is 327 g/mol. The van der Waals surface area contributed by atoms with E-state index in [9.17, 15) is 4.79 Å². The van der Waals surface area contributed by atoms with Crippen LogP contribution in [0.1, 0.15) is 44.1 Å². The molecule has 1 amide bonds. The lowest BCUT2D eigenvalue weighted by atomic mass is 10.1. The number of hydrogen-bond acceptors (Lipinski definition) is 3. The minimum Gasteiger partial charge on any atom is -0.454 e. The molecule has 3 rings (SSSR count). The van der Waals surface area contributed by atoms with E-state index in [0.717, 1.165) is 68.7 Å². The number of benzene rings is 1. The molecule has 128 valence electrons. The molecule has 0 aliphatic carbocycles. The van der Waals surface area contributed by atoms with Gasteiger partial charge in [0, 0.05) is 13.1 Å². The molecular weight excluding hydrogens is 302 g/mol. The SMILES string of the molecule is O=C(C=CCCCCC=Cc1ccc2c(c1)OCO2)N1CCCC1. The van der Waals surface area contributed by atoms with Crippen LogP contribution in [0.2, 0.25) is 0 Å². The third-order valence-electron chi connectivity index (χ3n) is 4.38. The van der Waals surface area contributed by atoms with Crippen molar-refractivity contribution in [2.75, 3.05) is 19.9 Å². The van der Waals surface area contributed by atoms with Crippen LogP contribution in [0, 0.1) is 0 Å². The maximum absolute atomic E-state index is 11.8. The Hall–Kier alpha value is -2.23. The second-order valence-electron chi connectivity index (χ2n) is 6.23. The van der Waals surface area contributed by atoms with Crippen molar-refractivity contribution in [1.29, 1.82) is 0 Å². The molecule has 1 aromatic rings. The highest BCUT2D eigenvalue weighted by molar-refractivity contribution is 5.87. The Bertz CT molecular complexity index is 615. The predicted octanol–water partition coefficient (Wildman–Crippen LogP) is 4.17. The quantitative estimate of drug-likeness (QED) is 0.557. The van der Waals surface area contributed by atoms with Gasteiger partial charge in [0.1, 0.15) is 0 Å². The van der Waals surface area contributed by atoms with E-state index >= 15 is 0 Å². The van der Waals surface area contributed by atoms with Gasteiger partial charge in [0.05, 0.1) is 0 Å². The van der Waals surface area contributed by atoms with Gasteiger partial charge in [0.25, 0.3) is 0 Å². The first-order chi connectivity index (χ1) is 11.8. The molecule has 24 heavy (non-hydrogen) atoms. The molecule has 1 saturated heterocycles. The summed E-state index contributed by atoms with van der Waals surface area (Å²) in [5, 5.41) is 0. The fourth-order valence-corrected chi connectivity index (χ4v) is 2.99. The summed E-state index contributed by atoms with van der Waals surface area (Å²) in [6.45, 7) is 2.16. The van der Waals surface area contributed by atoms with Gasteiger partial charge in [-0.1, -0.05) is 24.3 Å². The van der Waals surface area contributed by atoms with Crippen molar-refractivity contribution in [3.05, 3.63) is 42.0 Å². The second kappa shape index (κ2) is 8.57. The molecule has 2 heterocycles. The van der Waals surface area contributed by atoms with Crippen LogP contribution in [0.4, 0.5) is 0 Å². The third-order valence-corrected chi connectivity index (χ3v) is 4.38. The zero-order chi connectivity index (χ0) is 16.6. The lowest BCUT2D eigenvalue weighted by Crippen LogP contribution is -2.25. The van der Waals surface area contributed by atoms with E-state index in [2.05, 4.69) is 12.2 Å².